The highest BCUT2D eigenvalue weighted by Crippen LogP contribution is 2.22. The van der Waals surface area contributed by atoms with Crippen LogP contribution in [-0.4, -0.2) is 19.6 Å². The van der Waals surface area contributed by atoms with Crippen molar-refractivity contribution in [3.8, 4) is 0 Å². The van der Waals surface area contributed by atoms with Crippen LogP contribution in [0.4, 0.5) is 0 Å². The van der Waals surface area contributed by atoms with Gasteiger partial charge in [0, 0.05) is 6.54 Å². The largest absolute Gasteiger partial charge is 0.316 e. The number of fused-ring (bicyclic) bond motifs is 1. The fourth-order valence-electron chi connectivity index (χ4n) is 1.54. The minimum atomic E-state index is 0.829. The third-order valence-electron chi connectivity index (χ3n) is 2.10. The molecule has 0 aliphatic carbocycles. The molecule has 2 aliphatic heterocycles. The molecule has 2 N–H and O–H groups in total. The third kappa shape index (κ3) is 0.565. The lowest BCUT2D eigenvalue weighted by atomic mass is 10.0. The molecular formula is C6H11N2. The van der Waals surface area contributed by atoms with Gasteiger partial charge in [0.1, 0.15) is 0 Å². The number of hydrogen-bond acceptors (Lipinski definition) is 2. The lowest BCUT2D eigenvalue weighted by molar-refractivity contribution is 0.555. The van der Waals surface area contributed by atoms with Gasteiger partial charge < -0.3 is 10.6 Å². The van der Waals surface area contributed by atoms with E-state index in [2.05, 4.69) is 17.2 Å². The van der Waals surface area contributed by atoms with E-state index in [9.17, 15) is 0 Å². The third-order valence-corrected chi connectivity index (χ3v) is 2.10. The summed E-state index contributed by atoms with van der Waals surface area (Å²) in [6.07, 6.45) is 0. The Morgan fingerprint density at radius 1 is 1.25 bits per heavy atom. The van der Waals surface area contributed by atoms with Gasteiger partial charge in [-0.1, -0.05) is 0 Å². The van der Waals surface area contributed by atoms with Gasteiger partial charge in [0.25, 0.3) is 0 Å². The Hall–Kier alpha value is -0.0800. The van der Waals surface area contributed by atoms with Crippen LogP contribution >= 0.6 is 0 Å². The fraction of sp³-hybridized carbons (Fsp3) is 0.833. The van der Waals surface area contributed by atoms with Crippen LogP contribution in [0.3, 0.4) is 0 Å². The first-order valence-corrected chi connectivity index (χ1v) is 3.24. The van der Waals surface area contributed by atoms with E-state index < -0.39 is 0 Å². The maximum Gasteiger partial charge on any atom is 0.0268 e. The van der Waals surface area contributed by atoms with Gasteiger partial charge >= 0.3 is 0 Å². The van der Waals surface area contributed by atoms with Gasteiger partial charge in [-0.25, -0.2) is 0 Å². The van der Waals surface area contributed by atoms with Crippen LogP contribution in [0.15, 0.2) is 0 Å². The lowest BCUT2D eigenvalue weighted by Crippen LogP contribution is -2.16. The summed E-state index contributed by atoms with van der Waals surface area (Å²) < 4.78 is 0. The predicted octanol–water partition coefficient (Wildman–Crippen LogP) is -0.413. The van der Waals surface area contributed by atoms with Gasteiger partial charge in [0.2, 0.25) is 0 Å². The Morgan fingerprint density at radius 2 is 2.25 bits per heavy atom. The average Bonchev–Trinajstić information content (AvgIpc) is 2.15. The Morgan fingerprint density at radius 3 is 3.12 bits per heavy atom. The highest BCUT2D eigenvalue weighted by molar-refractivity contribution is 4.95. The topological polar surface area (TPSA) is 24.1 Å². The monoisotopic (exact) mass is 111 g/mol. The molecule has 0 saturated carbocycles. The van der Waals surface area contributed by atoms with Crippen molar-refractivity contribution in [2.24, 2.45) is 11.8 Å². The van der Waals surface area contributed by atoms with E-state index in [1.165, 1.54) is 19.6 Å². The van der Waals surface area contributed by atoms with Crippen LogP contribution in [0.5, 0.6) is 0 Å². The molecule has 2 heteroatoms. The normalized spacial score (nSPS) is 45.0. The van der Waals surface area contributed by atoms with Crippen LogP contribution in [-0.2, 0) is 0 Å². The van der Waals surface area contributed by atoms with Gasteiger partial charge in [-0.15, -0.1) is 0 Å². The standard InChI is InChI=1S/C6H11N2/c1-5-2-8-4-6(5)3-7-1/h1,5-8H,2-4H2. The van der Waals surface area contributed by atoms with E-state index in [-0.39, 0.29) is 0 Å². The van der Waals surface area contributed by atoms with Gasteiger partial charge in [0.15, 0.2) is 0 Å². The van der Waals surface area contributed by atoms with E-state index >= 15 is 0 Å². The maximum atomic E-state index is 3.35. The Bertz CT molecular complexity index is 72.5. The van der Waals surface area contributed by atoms with Gasteiger partial charge in [-0.2, -0.15) is 0 Å². The molecule has 45 valence electrons. The molecule has 2 unspecified atom stereocenters. The molecule has 0 bridgehead atoms. The molecule has 2 fully saturated rings. The molecule has 2 aliphatic rings. The molecule has 2 saturated heterocycles. The number of rotatable bonds is 0. The first-order valence-electron chi connectivity index (χ1n) is 3.24. The van der Waals surface area contributed by atoms with E-state index in [0.29, 0.717) is 0 Å². The molecule has 2 nitrogen and oxygen atoms in total. The first-order chi connectivity index (χ1) is 3.97. The molecule has 2 rings (SSSR count). The highest BCUT2D eigenvalue weighted by atomic mass is 15.0. The number of hydrogen-bond donors (Lipinski definition) is 2. The zero-order valence-corrected chi connectivity index (χ0v) is 4.85. The van der Waals surface area contributed by atoms with E-state index in [1.807, 2.05) is 0 Å². The number of nitrogens with one attached hydrogen (secondary N) is 2. The average molecular weight is 111 g/mol. The summed E-state index contributed by atoms with van der Waals surface area (Å²) in [6, 6.07) is 0. The smallest absolute Gasteiger partial charge is 0.0268 e. The summed E-state index contributed by atoms with van der Waals surface area (Å²) in [5.41, 5.74) is 0. The van der Waals surface area contributed by atoms with Crippen molar-refractivity contribution in [2.75, 3.05) is 19.6 Å². The van der Waals surface area contributed by atoms with Crippen molar-refractivity contribution in [1.82, 2.24) is 10.6 Å². The SMILES string of the molecule is [CH]1NCC2CNCC12. The molecule has 0 amide bonds. The summed E-state index contributed by atoms with van der Waals surface area (Å²) in [4.78, 5) is 0. The second-order valence-electron chi connectivity index (χ2n) is 2.66. The second-order valence-corrected chi connectivity index (χ2v) is 2.66. The van der Waals surface area contributed by atoms with Crippen molar-refractivity contribution in [1.29, 1.82) is 0 Å². The summed E-state index contributed by atoms with van der Waals surface area (Å²) in [5.74, 6) is 1.73. The molecule has 0 aromatic heterocycles. The lowest BCUT2D eigenvalue weighted by Gasteiger charge is -2.00. The van der Waals surface area contributed by atoms with Gasteiger partial charge in [-0.05, 0) is 31.5 Å². The van der Waals surface area contributed by atoms with Crippen molar-refractivity contribution in [3.63, 3.8) is 0 Å². The van der Waals surface area contributed by atoms with Crippen LogP contribution in [0.1, 0.15) is 0 Å². The molecule has 8 heavy (non-hydrogen) atoms. The predicted molar refractivity (Wildman–Crippen MR) is 32.2 cm³/mol. The van der Waals surface area contributed by atoms with Crippen molar-refractivity contribution in [3.05, 3.63) is 6.54 Å². The molecule has 0 aromatic rings. The van der Waals surface area contributed by atoms with E-state index in [0.717, 1.165) is 11.8 Å². The van der Waals surface area contributed by atoms with Crippen LogP contribution in [0.25, 0.3) is 0 Å². The van der Waals surface area contributed by atoms with Crippen molar-refractivity contribution < 1.29 is 0 Å². The molecule has 0 spiro atoms. The van der Waals surface area contributed by atoms with E-state index in [1.54, 1.807) is 0 Å². The highest BCUT2D eigenvalue weighted by Gasteiger charge is 2.30. The second kappa shape index (κ2) is 1.71. The molecule has 1 radical (unpaired) electrons. The summed E-state index contributed by atoms with van der Waals surface area (Å²) in [5, 5.41) is 6.61. The van der Waals surface area contributed by atoms with Crippen LogP contribution in [0.2, 0.25) is 0 Å². The first kappa shape index (κ1) is 4.77. The van der Waals surface area contributed by atoms with Crippen molar-refractivity contribution in [2.45, 2.75) is 0 Å². The summed E-state index contributed by atoms with van der Waals surface area (Å²) in [6.45, 7) is 5.83. The fourth-order valence-corrected chi connectivity index (χ4v) is 1.54. The minimum absolute atomic E-state index is 0.829. The van der Waals surface area contributed by atoms with Gasteiger partial charge in [0.05, 0.1) is 0 Å². The van der Waals surface area contributed by atoms with Gasteiger partial charge in [-0.3, -0.25) is 0 Å². The summed E-state index contributed by atoms with van der Waals surface area (Å²) in [7, 11) is 0. The quantitative estimate of drug-likeness (QED) is 0.444. The zero-order valence-electron chi connectivity index (χ0n) is 4.85. The Balaban J connectivity index is 2.04. The maximum absolute atomic E-state index is 3.35. The van der Waals surface area contributed by atoms with Crippen LogP contribution in [0, 0.1) is 18.4 Å². The van der Waals surface area contributed by atoms with Crippen molar-refractivity contribution >= 4 is 0 Å². The molecular weight excluding hydrogens is 100 g/mol. The minimum Gasteiger partial charge on any atom is -0.316 e. The Labute approximate surface area is 49.7 Å². The van der Waals surface area contributed by atoms with E-state index in [4.69, 9.17) is 0 Å². The molecule has 2 atom stereocenters. The molecule has 2 heterocycles. The molecule has 0 aromatic carbocycles. The summed E-state index contributed by atoms with van der Waals surface area (Å²) >= 11 is 0. The zero-order chi connectivity index (χ0) is 5.40. The van der Waals surface area contributed by atoms with Crippen LogP contribution < -0.4 is 10.6 Å². The Kier molecular flexibility index (Phi) is 1.02.